The Hall–Kier alpha value is -3.29. The maximum atomic E-state index is 12.5. The molecule has 2 N–H and O–H groups in total. The summed E-state index contributed by atoms with van der Waals surface area (Å²) in [4.78, 5) is 38.5. The number of nitrogens with zero attached hydrogens (tertiary/aromatic N) is 1. The summed E-state index contributed by atoms with van der Waals surface area (Å²) in [6.45, 7) is 2.13. The van der Waals surface area contributed by atoms with Gasteiger partial charge in [-0.2, -0.15) is 0 Å². The zero-order valence-electron chi connectivity index (χ0n) is 15.8. The molecule has 0 radical (unpaired) electrons. The molecule has 28 heavy (non-hydrogen) atoms. The fourth-order valence-corrected chi connectivity index (χ4v) is 3.03. The molecule has 148 valence electrons. The first-order valence-electron chi connectivity index (χ1n) is 9.03. The summed E-state index contributed by atoms with van der Waals surface area (Å²) in [5.74, 6) is 0.0590. The van der Waals surface area contributed by atoms with Crippen molar-refractivity contribution in [3.05, 3.63) is 48.4 Å². The van der Waals surface area contributed by atoms with Gasteiger partial charge < -0.3 is 24.7 Å². The van der Waals surface area contributed by atoms with Crippen LogP contribution in [-0.2, 0) is 20.9 Å². The standard InChI is InChI=1S/C20H23N3O5/c1-13(19(25)21-11-17-4-3-9-28-17)22-20(26)14-10-18(24)23(12-14)15-5-7-16(27-2)8-6-15/h3-9,13-14H,10-12H2,1-2H3,(H,21,25)(H,22,26)/t13-,14+/m0/s1. The molecule has 1 aromatic heterocycles. The highest BCUT2D eigenvalue weighted by atomic mass is 16.5. The van der Waals surface area contributed by atoms with Crippen LogP contribution in [0.5, 0.6) is 5.75 Å². The molecule has 1 saturated heterocycles. The Bertz CT molecular complexity index is 832. The Kier molecular flexibility index (Phi) is 5.98. The lowest BCUT2D eigenvalue weighted by Crippen LogP contribution is -2.46. The number of ether oxygens (including phenoxy) is 1. The number of furan rings is 1. The molecule has 1 aromatic carbocycles. The van der Waals surface area contributed by atoms with E-state index in [1.807, 2.05) is 0 Å². The van der Waals surface area contributed by atoms with E-state index >= 15 is 0 Å². The average Bonchev–Trinajstić information content (AvgIpc) is 3.35. The van der Waals surface area contributed by atoms with Gasteiger partial charge in [0.25, 0.3) is 0 Å². The van der Waals surface area contributed by atoms with Crippen molar-refractivity contribution in [3.63, 3.8) is 0 Å². The van der Waals surface area contributed by atoms with Crippen molar-refractivity contribution >= 4 is 23.4 Å². The van der Waals surface area contributed by atoms with Crippen molar-refractivity contribution in [2.75, 3.05) is 18.6 Å². The first-order chi connectivity index (χ1) is 13.5. The maximum absolute atomic E-state index is 12.5. The predicted molar refractivity (Wildman–Crippen MR) is 102 cm³/mol. The van der Waals surface area contributed by atoms with Crippen LogP contribution in [0.4, 0.5) is 5.69 Å². The van der Waals surface area contributed by atoms with E-state index in [0.29, 0.717) is 17.2 Å². The Morgan fingerprint density at radius 3 is 2.68 bits per heavy atom. The molecule has 0 unspecified atom stereocenters. The van der Waals surface area contributed by atoms with Gasteiger partial charge in [0.2, 0.25) is 17.7 Å². The Labute approximate surface area is 162 Å². The van der Waals surface area contributed by atoms with E-state index in [2.05, 4.69) is 10.6 Å². The van der Waals surface area contributed by atoms with E-state index in [9.17, 15) is 14.4 Å². The van der Waals surface area contributed by atoms with Gasteiger partial charge in [0.15, 0.2) is 0 Å². The number of methoxy groups -OCH3 is 1. The lowest BCUT2D eigenvalue weighted by molar-refractivity contribution is -0.131. The molecule has 0 bridgehead atoms. The summed E-state index contributed by atoms with van der Waals surface area (Å²) in [6, 6.07) is 9.86. The molecule has 3 amide bonds. The second kappa shape index (κ2) is 8.60. The number of anilines is 1. The lowest BCUT2D eigenvalue weighted by atomic mass is 10.1. The Balaban J connectivity index is 1.52. The molecule has 2 atom stereocenters. The van der Waals surface area contributed by atoms with Crippen LogP contribution >= 0.6 is 0 Å². The number of rotatable bonds is 7. The van der Waals surface area contributed by atoms with Gasteiger partial charge in [-0.3, -0.25) is 14.4 Å². The maximum Gasteiger partial charge on any atom is 0.242 e. The molecule has 1 fully saturated rings. The number of nitrogens with one attached hydrogen (secondary N) is 2. The van der Waals surface area contributed by atoms with Crippen molar-refractivity contribution in [1.29, 1.82) is 0 Å². The summed E-state index contributed by atoms with van der Waals surface area (Å²) in [5, 5.41) is 5.38. The van der Waals surface area contributed by atoms with E-state index in [-0.39, 0.29) is 37.2 Å². The van der Waals surface area contributed by atoms with Crippen LogP contribution in [0, 0.1) is 5.92 Å². The van der Waals surface area contributed by atoms with Crippen LogP contribution in [0.3, 0.4) is 0 Å². The molecule has 8 heteroatoms. The van der Waals surface area contributed by atoms with Crippen molar-refractivity contribution in [2.45, 2.75) is 25.9 Å². The summed E-state index contributed by atoms with van der Waals surface area (Å²) in [5.41, 5.74) is 0.713. The fraction of sp³-hybridized carbons (Fsp3) is 0.350. The third-order valence-electron chi connectivity index (χ3n) is 4.65. The van der Waals surface area contributed by atoms with Crippen LogP contribution in [-0.4, -0.2) is 37.4 Å². The van der Waals surface area contributed by atoms with Crippen molar-refractivity contribution in [3.8, 4) is 5.75 Å². The summed E-state index contributed by atoms with van der Waals surface area (Å²) in [7, 11) is 1.57. The first-order valence-corrected chi connectivity index (χ1v) is 9.03. The van der Waals surface area contributed by atoms with Crippen LogP contribution in [0.2, 0.25) is 0 Å². The molecule has 1 aliphatic heterocycles. The fourth-order valence-electron chi connectivity index (χ4n) is 3.03. The molecule has 8 nitrogen and oxygen atoms in total. The van der Waals surface area contributed by atoms with Crippen molar-refractivity contribution in [1.82, 2.24) is 10.6 Å². The van der Waals surface area contributed by atoms with Crippen LogP contribution in [0.1, 0.15) is 19.1 Å². The highest BCUT2D eigenvalue weighted by Gasteiger charge is 2.36. The quantitative estimate of drug-likeness (QED) is 0.752. The van der Waals surface area contributed by atoms with Crippen LogP contribution in [0.15, 0.2) is 47.1 Å². The van der Waals surface area contributed by atoms with Gasteiger partial charge in [-0.15, -0.1) is 0 Å². The minimum Gasteiger partial charge on any atom is -0.497 e. The molecule has 3 rings (SSSR count). The summed E-state index contributed by atoms with van der Waals surface area (Å²) >= 11 is 0. The Morgan fingerprint density at radius 1 is 1.29 bits per heavy atom. The molecule has 0 saturated carbocycles. The van der Waals surface area contributed by atoms with E-state index in [4.69, 9.17) is 9.15 Å². The largest absolute Gasteiger partial charge is 0.497 e. The molecule has 1 aliphatic rings. The molecular formula is C20H23N3O5. The highest BCUT2D eigenvalue weighted by Crippen LogP contribution is 2.27. The second-order valence-corrected chi connectivity index (χ2v) is 6.63. The van der Waals surface area contributed by atoms with Gasteiger partial charge in [0, 0.05) is 18.7 Å². The zero-order chi connectivity index (χ0) is 20.1. The van der Waals surface area contributed by atoms with Gasteiger partial charge in [0.05, 0.1) is 25.8 Å². The average molecular weight is 385 g/mol. The molecule has 2 heterocycles. The van der Waals surface area contributed by atoms with Gasteiger partial charge in [-0.25, -0.2) is 0 Å². The molecule has 0 aliphatic carbocycles. The van der Waals surface area contributed by atoms with Crippen LogP contribution < -0.4 is 20.3 Å². The zero-order valence-corrected chi connectivity index (χ0v) is 15.8. The number of carbonyl (C=O) groups excluding carboxylic acids is 3. The summed E-state index contributed by atoms with van der Waals surface area (Å²) < 4.78 is 10.3. The van der Waals surface area contributed by atoms with Gasteiger partial charge in [-0.1, -0.05) is 0 Å². The predicted octanol–water partition coefficient (Wildman–Crippen LogP) is 1.46. The highest BCUT2D eigenvalue weighted by molar-refractivity contribution is 6.01. The van der Waals surface area contributed by atoms with Crippen molar-refractivity contribution < 1.29 is 23.5 Å². The van der Waals surface area contributed by atoms with E-state index < -0.39 is 12.0 Å². The molecular weight excluding hydrogens is 362 g/mol. The number of hydrogen-bond donors (Lipinski definition) is 2. The monoisotopic (exact) mass is 385 g/mol. The first kappa shape index (κ1) is 19.5. The van der Waals surface area contributed by atoms with Crippen LogP contribution in [0.25, 0.3) is 0 Å². The van der Waals surface area contributed by atoms with Gasteiger partial charge >= 0.3 is 0 Å². The second-order valence-electron chi connectivity index (χ2n) is 6.63. The van der Waals surface area contributed by atoms with E-state index in [1.54, 1.807) is 55.3 Å². The van der Waals surface area contributed by atoms with Gasteiger partial charge in [-0.05, 0) is 43.3 Å². The normalized spacial score (nSPS) is 17.3. The number of benzene rings is 1. The molecule has 0 spiro atoms. The van der Waals surface area contributed by atoms with Crippen molar-refractivity contribution in [2.24, 2.45) is 5.92 Å². The van der Waals surface area contributed by atoms with E-state index in [1.165, 1.54) is 6.26 Å². The third kappa shape index (κ3) is 4.51. The minimum atomic E-state index is -0.715. The number of hydrogen-bond acceptors (Lipinski definition) is 5. The molecule has 2 aromatic rings. The number of carbonyl (C=O) groups is 3. The summed E-state index contributed by atoms with van der Waals surface area (Å²) in [6.07, 6.45) is 1.64. The third-order valence-corrected chi connectivity index (χ3v) is 4.65. The SMILES string of the molecule is COc1ccc(N2C[C@H](C(=O)N[C@@H](C)C(=O)NCc3ccco3)CC2=O)cc1. The Morgan fingerprint density at radius 2 is 2.04 bits per heavy atom. The lowest BCUT2D eigenvalue weighted by Gasteiger charge is -2.18. The minimum absolute atomic E-state index is 0.110. The van der Waals surface area contributed by atoms with E-state index in [0.717, 1.165) is 0 Å². The number of amides is 3. The smallest absolute Gasteiger partial charge is 0.242 e. The topological polar surface area (TPSA) is 101 Å². The van der Waals surface area contributed by atoms with Gasteiger partial charge in [0.1, 0.15) is 17.6 Å².